The van der Waals surface area contributed by atoms with Gasteiger partial charge in [0, 0.05) is 16.8 Å². The maximum Gasteiger partial charge on any atom is 0.334 e. The number of halogens is 2. The lowest BCUT2D eigenvalue weighted by atomic mass is 10.1. The molecule has 138 valence electrons. The highest BCUT2D eigenvalue weighted by molar-refractivity contribution is 5.76. The molecule has 2 N–H and O–H groups in total. The number of nitrogens with zero attached hydrogens (tertiary/aromatic N) is 2. The Morgan fingerprint density at radius 1 is 1.00 bits per heavy atom. The number of nitrogens with one attached hydrogen (secondary N) is 2. The maximum absolute atomic E-state index is 14.7. The predicted molar refractivity (Wildman–Crippen MR) is 99.4 cm³/mol. The number of hydrogen-bond acceptors (Lipinski definition) is 3. The number of fused-ring (bicyclic) bond motifs is 1. The molecule has 0 spiro atoms. The number of benzene rings is 2. The molecule has 6 nitrogen and oxygen atoms in total. The summed E-state index contributed by atoms with van der Waals surface area (Å²) in [5.74, 6) is 3.30. The Balaban J connectivity index is 1.88. The molecule has 2 aromatic heterocycles. The Morgan fingerprint density at radius 2 is 1.64 bits per heavy atom. The van der Waals surface area contributed by atoms with Crippen LogP contribution in [0.1, 0.15) is 16.8 Å². The molecule has 0 atom stereocenters. The van der Waals surface area contributed by atoms with Gasteiger partial charge in [0.2, 0.25) is 0 Å². The zero-order valence-electron chi connectivity index (χ0n) is 14.5. The molecule has 4 aromatic rings. The Kier molecular flexibility index (Phi) is 4.12. The van der Waals surface area contributed by atoms with Crippen molar-refractivity contribution in [1.29, 1.82) is 0 Å². The monoisotopic (exact) mass is 378 g/mol. The molecule has 0 aliphatic carbocycles. The topological polar surface area (TPSA) is 83.5 Å². The minimum atomic E-state index is -1.08. The number of aryl methyl sites for hydroxylation is 1. The molecule has 2 aromatic carbocycles. The zero-order chi connectivity index (χ0) is 19.8. The van der Waals surface area contributed by atoms with Gasteiger partial charge >= 0.3 is 5.69 Å². The molecule has 4 rings (SSSR count). The van der Waals surface area contributed by atoms with Crippen molar-refractivity contribution < 1.29 is 8.78 Å². The van der Waals surface area contributed by atoms with Gasteiger partial charge in [0.05, 0.1) is 0 Å². The zero-order valence-corrected chi connectivity index (χ0v) is 14.5. The van der Waals surface area contributed by atoms with Gasteiger partial charge in [-0.05, 0) is 31.2 Å². The third-order valence-electron chi connectivity index (χ3n) is 4.16. The van der Waals surface area contributed by atoms with Gasteiger partial charge in [-0.1, -0.05) is 30.0 Å². The SMILES string of the molecule is Cc1[nH]nc2[nH]c(=O)n(-c3c(F)cc(C#Cc4ccccc4)cc3F)c(=O)c12. The Hall–Kier alpha value is -3.99. The summed E-state index contributed by atoms with van der Waals surface area (Å²) in [5, 5.41) is 6.39. The lowest BCUT2D eigenvalue weighted by Crippen LogP contribution is -2.35. The van der Waals surface area contributed by atoms with Gasteiger partial charge in [-0.25, -0.2) is 18.1 Å². The van der Waals surface area contributed by atoms with Gasteiger partial charge in [-0.3, -0.25) is 14.9 Å². The van der Waals surface area contributed by atoms with E-state index in [9.17, 15) is 18.4 Å². The smallest absolute Gasteiger partial charge is 0.289 e. The Labute approximate surface area is 156 Å². The molecule has 0 bridgehead atoms. The third-order valence-corrected chi connectivity index (χ3v) is 4.16. The molecule has 0 aliphatic heterocycles. The molecule has 2 heterocycles. The van der Waals surface area contributed by atoms with Crippen molar-refractivity contribution in [2.45, 2.75) is 6.92 Å². The van der Waals surface area contributed by atoms with Crippen LogP contribution in [0.5, 0.6) is 0 Å². The van der Waals surface area contributed by atoms with E-state index in [1.807, 2.05) is 6.07 Å². The molecular weight excluding hydrogens is 366 g/mol. The van der Waals surface area contributed by atoms with Crippen LogP contribution in [0.25, 0.3) is 16.7 Å². The van der Waals surface area contributed by atoms with Crippen LogP contribution in [-0.2, 0) is 0 Å². The van der Waals surface area contributed by atoms with E-state index in [0.717, 1.165) is 12.1 Å². The highest BCUT2D eigenvalue weighted by Gasteiger charge is 2.20. The van der Waals surface area contributed by atoms with Crippen LogP contribution in [0.15, 0.2) is 52.1 Å². The van der Waals surface area contributed by atoms with E-state index >= 15 is 0 Å². The van der Waals surface area contributed by atoms with Crippen LogP contribution in [0.4, 0.5) is 8.78 Å². The number of aromatic nitrogens is 4. The van der Waals surface area contributed by atoms with Crippen molar-refractivity contribution in [3.63, 3.8) is 0 Å². The third kappa shape index (κ3) is 2.89. The van der Waals surface area contributed by atoms with Gasteiger partial charge in [0.1, 0.15) is 11.1 Å². The molecule has 0 saturated carbocycles. The summed E-state index contributed by atoms with van der Waals surface area (Å²) in [6.45, 7) is 1.56. The maximum atomic E-state index is 14.7. The van der Waals surface area contributed by atoms with Crippen molar-refractivity contribution in [2.24, 2.45) is 0 Å². The molecule has 0 fully saturated rings. The molecule has 28 heavy (non-hydrogen) atoms. The summed E-state index contributed by atoms with van der Waals surface area (Å²) in [5.41, 5.74) is -1.48. The van der Waals surface area contributed by atoms with E-state index in [-0.39, 0.29) is 16.6 Å². The summed E-state index contributed by atoms with van der Waals surface area (Å²) >= 11 is 0. The van der Waals surface area contributed by atoms with Gasteiger partial charge in [0.15, 0.2) is 17.3 Å². The fourth-order valence-corrected chi connectivity index (χ4v) is 2.86. The largest absolute Gasteiger partial charge is 0.334 e. The second-order valence-corrected chi connectivity index (χ2v) is 6.05. The standard InChI is InChI=1S/C20H12F2N4O2/c1-11-16-18(25-24-11)23-20(28)26(19(16)27)17-14(21)9-13(10-15(17)22)8-7-12-5-3-2-4-6-12/h2-6,9-10H,1H3,(H2,23,24,25,28). The molecule has 0 aliphatic rings. The molecule has 0 radical (unpaired) electrons. The van der Waals surface area contributed by atoms with Crippen molar-refractivity contribution >= 4 is 11.0 Å². The van der Waals surface area contributed by atoms with Crippen molar-refractivity contribution in [3.8, 4) is 17.5 Å². The summed E-state index contributed by atoms with van der Waals surface area (Å²) in [6.07, 6.45) is 0. The van der Waals surface area contributed by atoms with Crippen LogP contribution >= 0.6 is 0 Å². The van der Waals surface area contributed by atoms with E-state index < -0.39 is 28.6 Å². The molecular formula is C20H12F2N4O2. The molecule has 0 unspecified atom stereocenters. The number of aromatic amines is 2. The summed E-state index contributed by atoms with van der Waals surface area (Å²) < 4.78 is 29.8. The first-order valence-corrected chi connectivity index (χ1v) is 8.22. The lowest BCUT2D eigenvalue weighted by Gasteiger charge is -2.08. The van der Waals surface area contributed by atoms with Gasteiger partial charge < -0.3 is 0 Å². The van der Waals surface area contributed by atoms with Crippen molar-refractivity contribution in [1.82, 2.24) is 19.7 Å². The normalized spacial score (nSPS) is 10.7. The predicted octanol–water partition coefficient (Wildman–Crippen LogP) is 2.39. The average Bonchev–Trinajstić information content (AvgIpc) is 3.03. The fraction of sp³-hybridized carbons (Fsp3) is 0.0500. The van der Waals surface area contributed by atoms with Gasteiger partial charge in [0.25, 0.3) is 5.56 Å². The van der Waals surface area contributed by atoms with Gasteiger partial charge in [-0.15, -0.1) is 0 Å². The lowest BCUT2D eigenvalue weighted by molar-refractivity contribution is 0.562. The minimum absolute atomic E-state index is 0.0231. The van der Waals surface area contributed by atoms with Crippen molar-refractivity contribution in [2.75, 3.05) is 0 Å². The van der Waals surface area contributed by atoms with Crippen molar-refractivity contribution in [3.05, 3.63) is 91.8 Å². The highest BCUT2D eigenvalue weighted by atomic mass is 19.1. The van der Waals surface area contributed by atoms with Crippen LogP contribution in [0, 0.1) is 30.4 Å². The first-order valence-electron chi connectivity index (χ1n) is 8.22. The van der Waals surface area contributed by atoms with Crippen LogP contribution in [0.2, 0.25) is 0 Å². The minimum Gasteiger partial charge on any atom is -0.289 e. The number of rotatable bonds is 1. The average molecular weight is 378 g/mol. The number of hydrogen-bond donors (Lipinski definition) is 2. The van der Waals surface area contributed by atoms with Crippen LogP contribution in [0.3, 0.4) is 0 Å². The summed E-state index contributed by atoms with van der Waals surface area (Å²) in [4.78, 5) is 27.2. The first-order chi connectivity index (χ1) is 13.5. The van der Waals surface area contributed by atoms with Crippen LogP contribution in [-0.4, -0.2) is 19.7 Å². The molecule has 0 amide bonds. The van der Waals surface area contributed by atoms with E-state index in [0.29, 0.717) is 15.8 Å². The Bertz CT molecular complexity index is 1370. The fourth-order valence-electron chi connectivity index (χ4n) is 2.86. The van der Waals surface area contributed by atoms with E-state index in [4.69, 9.17) is 0 Å². The second-order valence-electron chi connectivity index (χ2n) is 6.05. The Morgan fingerprint density at radius 3 is 2.32 bits per heavy atom. The second kappa shape index (κ2) is 6.63. The van der Waals surface area contributed by atoms with E-state index in [1.54, 1.807) is 31.2 Å². The van der Waals surface area contributed by atoms with Crippen LogP contribution < -0.4 is 11.2 Å². The highest BCUT2D eigenvalue weighted by Crippen LogP contribution is 2.18. The summed E-state index contributed by atoms with van der Waals surface area (Å²) in [7, 11) is 0. The quantitative estimate of drug-likeness (QED) is 0.499. The van der Waals surface area contributed by atoms with E-state index in [2.05, 4.69) is 27.0 Å². The molecule has 8 heteroatoms. The number of H-pyrrole nitrogens is 2. The molecule has 0 saturated heterocycles. The van der Waals surface area contributed by atoms with E-state index in [1.165, 1.54) is 0 Å². The summed E-state index contributed by atoms with van der Waals surface area (Å²) in [6, 6.07) is 10.9. The van der Waals surface area contributed by atoms with Gasteiger partial charge in [-0.2, -0.15) is 5.10 Å². The first kappa shape index (κ1) is 17.4.